The minimum Gasteiger partial charge on any atom is -0.451 e. The normalized spacial score (nSPS) is 20.1. The summed E-state index contributed by atoms with van der Waals surface area (Å²) in [5, 5.41) is 0.735. The minimum absolute atomic E-state index is 0.291. The molecule has 1 saturated heterocycles. The fourth-order valence-corrected chi connectivity index (χ4v) is 6.76. The lowest BCUT2D eigenvalue weighted by Gasteiger charge is -2.11. The lowest BCUT2D eigenvalue weighted by atomic mass is 10.2. The third kappa shape index (κ3) is 6.62. The van der Waals surface area contributed by atoms with Gasteiger partial charge in [0.15, 0.2) is 0 Å². The first kappa shape index (κ1) is 20.1. The molecule has 1 aliphatic heterocycles. The van der Waals surface area contributed by atoms with Gasteiger partial charge in [-0.05, 0) is 49.5 Å². The molecule has 2 nitrogen and oxygen atoms in total. The van der Waals surface area contributed by atoms with E-state index >= 15 is 0 Å². The minimum atomic E-state index is -0.291. The van der Waals surface area contributed by atoms with Gasteiger partial charge in [-0.15, -0.1) is 47.0 Å². The molecule has 1 aromatic carbocycles. The smallest absolute Gasteiger partial charge is 0.333 e. The molecule has 2 unspecified atom stereocenters. The van der Waals surface area contributed by atoms with Crippen molar-refractivity contribution in [1.29, 1.82) is 0 Å². The molecule has 0 radical (unpaired) electrons. The molecule has 0 saturated carbocycles. The molecular formula is C18H24O2S4. The number of esters is 1. The van der Waals surface area contributed by atoms with E-state index in [4.69, 9.17) is 4.74 Å². The van der Waals surface area contributed by atoms with Crippen LogP contribution in [0.1, 0.15) is 29.9 Å². The molecule has 0 N–H and O–H groups in total. The average Bonchev–Trinajstić information content (AvgIpc) is 3.06. The van der Waals surface area contributed by atoms with E-state index in [1.165, 1.54) is 29.1 Å². The average molecular weight is 401 g/mol. The Morgan fingerprint density at radius 2 is 2.12 bits per heavy atom. The number of hydrogen-bond acceptors (Lipinski definition) is 6. The van der Waals surface area contributed by atoms with Gasteiger partial charge in [-0.2, -0.15) is 0 Å². The van der Waals surface area contributed by atoms with Crippen molar-refractivity contribution in [2.75, 3.05) is 23.7 Å². The molecule has 2 atom stereocenters. The van der Waals surface area contributed by atoms with E-state index in [9.17, 15) is 4.79 Å². The van der Waals surface area contributed by atoms with E-state index < -0.39 is 0 Å². The Bertz CT molecular complexity index is 544. The van der Waals surface area contributed by atoms with Gasteiger partial charge in [0.05, 0.1) is 4.58 Å². The van der Waals surface area contributed by atoms with Gasteiger partial charge >= 0.3 is 5.97 Å². The SMILES string of the molecule is C=C(C)C(=O)OCSCCCC1CSC(c2ccc(SC)cc2)S1. The number of benzene rings is 1. The van der Waals surface area contributed by atoms with Crippen molar-refractivity contribution in [1.82, 2.24) is 0 Å². The number of thioether (sulfide) groups is 4. The monoisotopic (exact) mass is 400 g/mol. The van der Waals surface area contributed by atoms with E-state index in [1.807, 2.05) is 0 Å². The first-order valence-corrected chi connectivity index (χ1v) is 12.3. The van der Waals surface area contributed by atoms with Crippen LogP contribution in [0.5, 0.6) is 0 Å². The van der Waals surface area contributed by atoms with Crippen molar-refractivity contribution in [3.05, 3.63) is 42.0 Å². The third-order valence-electron chi connectivity index (χ3n) is 3.57. The molecule has 0 bridgehead atoms. The zero-order valence-corrected chi connectivity index (χ0v) is 17.4. The summed E-state index contributed by atoms with van der Waals surface area (Å²) >= 11 is 7.63. The van der Waals surface area contributed by atoms with Crippen LogP contribution in [0, 0.1) is 0 Å². The van der Waals surface area contributed by atoms with Crippen LogP contribution >= 0.6 is 47.0 Å². The lowest BCUT2D eigenvalue weighted by molar-refractivity contribution is -0.136. The quantitative estimate of drug-likeness (QED) is 0.170. The van der Waals surface area contributed by atoms with E-state index in [0.717, 1.165) is 11.0 Å². The van der Waals surface area contributed by atoms with E-state index in [2.05, 4.69) is 60.6 Å². The van der Waals surface area contributed by atoms with Crippen LogP contribution in [0.3, 0.4) is 0 Å². The fourth-order valence-electron chi connectivity index (χ4n) is 2.23. The number of carbonyl (C=O) groups excluding carboxylic acids is 1. The van der Waals surface area contributed by atoms with Gasteiger partial charge in [0, 0.05) is 21.5 Å². The third-order valence-corrected chi connectivity index (χ3v) is 8.61. The summed E-state index contributed by atoms with van der Waals surface area (Å²) in [6, 6.07) is 8.98. The molecule has 0 aliphatic carbocycles. The van der Waals surface area contributed by atoms with Crippen LogP contribution in [0.2, 0.25) is 0 Å². The van der Waals surface area contributed by atoms with Crippen molar-refractivity contribution in [3.8, 4) is 0 Å². The Morgan fingerprint density at radius 3 is 2.79 bits per heavy atom. The molecular weight excluding hydrogens is 376 g/mol. The number of carbonyl (C=O) groups is 1. The summed E-state index contributed by atoms with van der Waals surface area (Å²) in [4.78, 5) is 12.6. The maximum Gasteiger partial charge on any atom is 0.333 e. The molecule has 24 heavy (non-hydrogen) atoms. The van der Waals surface area contributed by atoms with Crippen LogP contribution in [-0.4, -0.2) is 34.9 Å². The lowest BCUT2D eigenvalue weighted by Crippen LogP contribution is -2.05. The Kier molecular flexibility index (Phi) is 9.01. The second kappa shape index (κ2) is 10.7. The molecule has 6 heteroatoms. The van der Waals surface area contributed by atoms with Gasteiger partial charge < -0.3 is 4.74 Å². The van der Waals surface area contributed by atoms with Crippen molar-refractivity contribution >= 4 is 53.0 Å². The summed E-state index contributed by atoms with van der Waals surface area (Å²) in [5.74, 6) is 2.41. The Balaban J connectivity index is 1.60. The summed E-state index contributed by atoms with van der Waals surface area (Å²) in [6.45, 7) is 5.25. The highest BCUT2D eigenvalue weighted by Gasteiger charge is 2.26. The van der Waals surface area contributed by atoms with Gasteiger partial charge in [0.1, 0.15) is 5.94 Å². The number of hydrogen-bond donors (Lipinski definition) is 0. The van der Waals surface area contributed by atoms with E-state index in [-0.39, 0.29) is 5.97 Å². The van der Waals surface area contributed by atoms with Crippen LogP contribution in [0.15, 0.2) is 41.3 Å². The van der Waals surface area contributed by atoms with E-state index in [1.54, 1.807) is 30.4 Å². The van der Waals surface area contributed by atoms with Crippen molar-refractivity contribution in [3.63, 3.8) is 0 Å². The predicted molar refractivity (Wildman–Crippen MR) is 112 cm³/mol. The Hall–Kier alpha value is -0.170. The standard InChI is InChI=1S/C18H24O2S4/c1-13(2)17(19)20-12-22-10-4-5-16-11-23-18(24-16)14-6-8-15(21-3)9-7-14/h6-9,16,18H,1,4-5,10-12H2,2-3H3. The van der Waals surface area contributed by atoms with Crippen LogP contribution in [0.25, 0.3) is 0 Å². The summed E-state index contributed by atoms with van der Waals surface area (Å²) in [5.41, 5.74) is 1.90. The van der Waals surface area contributed by atoms with Gasteiger partial charge in [0.25, 0.3) is 0 Å². The highest BCUT2D eigenvalue weighted by molar-refractivity contribution is 8.19. The highest BCUT2D eigenvalue weighted by atomic mass is 32.2. The highest BCUT2D eigenvalue weighted by Crippen LogP contribution is 2.50. The Morgan fingerprint density at radius 1 is 1.38 bits per heavy atom. The second-order valence-electron chi connectivity index (χ2n) is 5.58. The first-order valence-electron chi connectivity index (χ1n) is 7.91. The largest absolute Gasteiger partial charge is 0.451 e. The molecule has 1 heterocycles. The molecule has 132 valence electrons. The number of ether oxygens (including phenoxy) is 1. The van der Waals surface area contributed by atoms with Gasteiger partial charge in [-0.1, -0.05) is 18.7 Å². The topological polar surface area (TPSA) is 26.3 Å². The summed E-state index contributed by atoms with van der Waals surface area (Å²) in [6.07, 6.45) is 4.52. The fraction of sp³-hybridized carbons (Fsp3) is 0.500. The zero-order chi connectivity index (χ0) is 17.4. The van der Waals surface area contributed by atoms with Crippen LogP contribution in [-0.2, 0) is 9.53 Å². The van der Waals surface area contributed by atoms with Crippen LogP contribution in [0.4, 0.5) is 0 Å². The number of rotatable bonds is 9. The van der Waals surface area contributed by atoms with Gasteiger partial charge in [0.2, 0.25) is 0 Å². The molecule has 0 aromatic heterocycles. The molecule has 2 rings (SSSR count). The second-order valence-corrected chi connectivity index (χ2v) is 10.4. The van der Waals surface area contributed by atoms with E-state index in [0.29, 0.717) is 16.1 Å². The maximum atomic E-state index is 11.3. The molecule has 1 fully saturated rings. The van der Waals surface area contributed by atoms with Gasteiger partial charge in [-0.25, -0.2) is 4.79 Å². The predicted octanol–water partition coefficient (Wildman–Crippen LogP) is 5.85. The first-order chi connectivity index (χ1) is 11.6. The zero-order valence-electron chi connectivity index (χ0n) is 14.2. The maximum absolute atomic E-state index is 11.3. The van der Waals surface area contributed by atoms with Crippen molar-refractivity contribution < 1.29 is 9.53 Å². The van der Waals surface area contributed by atoms with Crippen molar-refractivity contribution in [2.24, 2.45) is 0 Å². The Labute approximate surface area is 162 Å². The molecule has 1 aromatic rings. The van der Waals surface area contributed by atoms with Gasteiger partial charge in [-0.3, -0.25) is 0 Å². The van der Waals surface area contributed by atoms with Crippen molar-refractivity contribution in [2.45, 2.75) is 34.5 Å². The summed E-state index contributed by atoms with van der Waals surface area (Å²) < 4.78 is 5.66. The molecule has 0 amide bonds. The van der Waals surface area contributed by atoms with Crippen LogP contribution < -0.4 is 0 Å². The summed E-state index contributed by atoms with van der Waals surface area (Å²) in [7, 11) is 0. The molecule has 0 spiro atoms. The molecule has 1 aliphatic rings.